The number of amides is 1. The zero-order valence-electron chi connectivity index (χ0n) is 11.6. The maximum absolute atomic E-state index is 11.0. The lowest BCUT2D eigenvalue weighted by molar-refractivity contribution is -0.123. The van der Waals surface area contributed by atoms with Crippen LogP contribution in [0.15, 0.2) is 60.7 Å². The van der Waals surface area contributed by atoms with Crippen molar-refractivity contribution in [1.82, 2.24) is 0 Å². The van der Waals surface area contributed by atoms with Gasteiger partial charge in [0.2, 0.25) is 5.91 Å². The van der Waals surface area contributed by atoms with Gasteiger partial charge in [-0.25, -0.2) is 4.79 Å². The number of nitrogens with zero attached hydrogens (tertiary/aromatic N) is 1. The Morgan fingerprint density at radius 2 is 1.43 bits per heavy atom. The lowest BCUT2D eigenvalue weighted by Gasteiger charge is -2.12. The highest BCUT2D eigenvalue weighted by Gasteiger charge is 2.08. The third-order valence-corrected chi connectivity index (χ3v) is 2.56. The monoisotopic (exact) mass is 287 g/mol. The Balaban J connectivity index is 0.000000219. The number of rotatable bonds is 3. The minimum Gasteiger partial charge on any atom is -0.478 e. The lowest BCUT2D eigenvalue weighted by atomic mass is 10.2. The molecule has 0 atom stereocenters. The van der Waals surface area contributed by atoms with Crippen LogP contribution in [0.1, 0.15) is 23.7 Å². The van der Waals surface area contributed by atoms with E-state index in [0.29, 0.717) is 22.7 Å². The number of carbonyl (C=O) groups excluding carboxylic acids is 1. The van der Waals surface area contributed by atoms with Crippen molar-refractivity contribution in [3.05, 3.63) is 66.2 Å². The summed E-state index contributed by atoms with van der Waals surface area (Å²) in [5.41, 5.74) is 0.835. The molecule has 0 heterocycles. The van der Waals surface area contributed by atoms with E-state index in [1.165, 1.54) is 0 Å². The van der Waals surface area contributed by atoms with Crippen molar-refractivity contribution in [3.8, 4) is 0 Å². The fraction of sp³-hybridized carbons (Fsp3) is 0.125. The number of anilines is 1. The first-order chi connectivity index (χ1) is 10.1. The van der Waals surface area contributed by atoms with E-state index >= 15 is 0 Å². The molecule has 110 valence electrons. The van der Waals surface area contributed by atoms with Crippen LogP contribution in [0.25, 0.3) is 0 Å². The summed E-state index contributed by atoms with van der Waals surface area (Å²) < 4.78 is 0. The maximum atomic E-state index is 11.0. The molecule has 0 saturated carbocycles. The van der Waals surface area contributed by atoms with Crippen LogP contribution in [0.4, 0.5) is 5.69 Å². The minimum absolute atomic E-state index is 0.297. The van der Waals surface area contributed by atoms with Crippen LogP contribution in [-0.2, 0) is 4.79 Å². The van der Waals surface area contributed by atoms with Gasteiger partial charge < -0.3 is 5.11 Å². The highest BCUT2D eigenvalue weighted by molar-refractivity contribution is 5.90. The third kappa shape index (κ3) is 5.46. The van der Waals surface area contributed by atoms with Gasteiger partial charge in [-0.05, 0) is 24.3 Å². The minimum atomic E-state index is -0.879. The standard InChI is InChI=1S/C9H11NO2.C7H6O2/c1-2-9(11)10(12)8-6-4-3-5-7-8;8-7(9)6-4-2-1-3-5-6/h3-7,12H,2H2,1H3;1-5H,(H,8,9). The van der Waals surface area contributed by atoms with Crippen LogP contribution >= 0.6 is 0 Å². The summed E-state index contributed by atoms with van der Waals surface area (Å²) in [5.74, 6) is -1.18. The van der Waals surface area contributed by atoms with Crippen molar-refractivity contribution >= 4 is 17.6 Å². The molecule has 0 bridgehead atoms. The van der Waals surface area contributed by atoms with E-state index in [0.717, 1.165) is 0 Å². The van der Waals surface area contributed by atoms with Gasteiger partial charge in [-0.3, -0.25) is 10.0 Å². The van der Waals surface area contributed by atoms with Crippen LogP contribution in [0.5, 0.6) is 0 Å². The fourth-order valence-electron chi connectivity index (χ4n) is 1.44. The Kier molecular flexibility index (Phi) is 6.63. The number of aromatic carboxylic acids is 1. The fourth-order valence-corrected chi connectivity index (χ4v) is 1.44. The molecule has 21 heavy (non-hydrogen) atoms. The van der Waals surface area contributed by atoms with Gasteiger partial charge in [-0.1, -0.05) is 43.3 Å². The normalized spacial score (nSPS) is 9.24. The Labute approximate surface area is 123 Å². The summed E-state index contributed by atoms with van der Waals surface area (Å²) in [6.07, 6.45) is 0.297. The Morgan fingerprint density at radius 1 is 0.952 bits per heavy atom. The van der Waals surface area contributed by atoms with E-state index in [9.17, 15) is 14.8 Å². The molecule has 2 aromatic carbocycles. The zero-order valence-corrected chi connectivity index (χ0v) is 11.6. The molecule has 2 rings (SSSR count). The second-order valence-corrected chi connectivity index (χ2v) is 4.07. The summed E-state index contributed by atoms with van der Waals surface area (Å²) in [5, 5.41) is 18.3. The number of carbonyl (C=O) groups is 2. The molecule has 5 heteroatoms. The second-order valence-electron chi connectivity index (χ2n) is 4.07. The van der Waals surface area contributed by atoms with Crippen LogP contribution in [0, 0.1) is 0 Å². The van der Waals surface area contributed by atoms with Gasteiger partial charge in [0.15, 0.2) is 0 Å². The summed E-state index contributed by atoms with van der Waals surface area (Å²) in [4.78, 5) is 21.2. The summed E-state index contributed by atoms with van der Waals surface area (Å²) in [6.45, 7) is 1.70. The average Bonchev–Trinajstić information content (AvgIpc) is 2.55. The predicted octanol–water partition coefficient (Wildman–Crippen LogP) is 3.20. The van der Waals surface area contributed by atoms with Gasteiger partial charge in [0.1, 0.15) is 0 Å². The van der Waals surface area contributed by atoms with Gasteiger partial charge >= 0.3 is 5.97 Å². The van der Waals surface area contributed by atoms with Crippen LogP contribution in [0.2, 0.25) is 0 Å². The largest absolute Gasteiger partial charge is 0.478 e. The van der Waals surface area contributed by atoms with E-state index in [1.54, 1.807) is 61.5 Å². The molecule has 0 aliphatic rings. The smallest absolute Gasteiger partial charge is 0.335 e. The van der Waals surface area contributed by atoms with Crippen molar-refractivity contribution in [2.45, 2.75) is 13.3 Å². The Hall–Kier alpha value is -2.66. The quantitative estimate of drug-likeness (QED) is 0.671. The SMILES string of the molecule is CCC(=O)N(O)c1ccccc1.O=C(O)c1ccccc1. The highest BCUT2D eigenvalue weighted by atomic mass is 16.5. The molecule has 1 amide bonds. The van der Waals surface area contributed by atoms with Crippen LogP contribution < -0.4 is 5.06 Å². The first-order valence-corrected chi connectivity index (χ1v) is 6.41. The predicted molar refractivity (Wildman–Crippen MR) is 79.4 cm³/mol. The molecule has 5 nitrogen and oxygen atoms in total. The summed E-state index contributed by atoms with van der Waals surface area (Å²) in [7, 11) is 0. The van der Waals surface area contributed by atoms with Crippen molar-refractivity contribution in [2.24, 2.45) is 0 Å². The first-order valence-electron chi connectivity index (χ1n) is 6.41. The average molecular weight is 287 g/mol. The molecule has 0 aromatic heterocycles. The van der Waals surface area contributed by atoms with Gasteiger partial charge in [-0.15, -0.1) is 0 Å². The van der Waals surface area contributed by atoms with E-state index in [4.69, 9.17) is 5.11 Å². The number of benzene rings is 2. The van der Waals surface area contributed by atoms with Crippen LogP contribution in [-0.4, -0.2) is 22.2 Å². The molecule has 0 radical (unpaired) electrons. The Morgan fingerprint density at radius 3 is 1.81 bits per heavy atom. The van der Waals surface area contributed by atoms with Gasteiger partial charge in [0.05, 0.1) is 11.3 Å². The van der Waals surface area contributed by atoms with Crippen molar-refractivity contribution in [2.75, 3.05) is 5.06 Å². The van der Waals surface area contributed by atoms with Crippen molar-refractivity contribution < 1.29 is 19.9 Å². The van der Waals surface area contributed by atoms with Crippen LogP contribution in [0.3, 0.4) is 0 Å². The molecule has 0 fully saturated rings. The van der Waals surface area contributed by atoms with E-state index in [2.05, 4.69) is 0 Å². The van der Waals surface area contributed by atoms with E-state index in [-0.39, 0.29) is 5.91 Å². The zero-order chi connectivity index (χ0) is 15.7. The number of hydrogen-bond donors (Lipinski definition) is 2. The molecule has 0 saturated heterocycles. The number of para-hydroxylation sites is 1. The molecule has 2 N–H and O–H groups in total. The molecular formula is C16H17NO4. The van der Waals surface area contributed by atoms with Gasteiger partial charge in [0, 0.05) is 6.42 Å². The second kappa shape index (κ2) is 8.50. The molecule has 0 aliphatic carbocycles. The summed E-state index contributed by atoms with van der Waals surface area (Å²) in [6, 6.07) is 17.0. The van der Waals surface area contributed by atoms with E-state index < -0.39 is 5.97 Å². The highest BCUT2D eigenvalue weighted by Crippen LogP contribution is 2.11. The molecule has 0 aliphatic heterocycles. The molecule has 0 unspecified atom stereocenters. The third-order valence-electron chi connectivity index (χ3n) is 2.56. The number of hydrogen-bond acceptors (Lipinski definition) is 3. The van der Waals surface area contributed by atoms with Crippen molar-refractivity contribution in [3.63, 3.8) is 0 Å². The lowest BCUT2D eigenvalue weighted by Crippen LogP contribution is -2.25. The van der Waals surface area contributed by atoms with E-state index in [1.807, 2.05) is 6.07 Å². The van der Waals surface area contributed by atoms with Crippen molar-refractivity contribution in [1.29, 1.82) is 0 Å². The first kappa shape index (κ1) is 16.4. The molecule has 2 aromatic rings. The molecule has 0 spiro atoms. The maximum Gasteiger partial charge on any atom is 0.335 e. The van der Waals surface area contributed by atoms with Gasteiger partial charge in [-0.2, -0.15) is 5.06 Å². The van der Waals surface area contributed by atoms with Gasteiger partial charge in [0.25, 0.3) is 0 Å². The number of carboxylic acid groups (broad SMARTS) is 1. The Bertz CT molecular complexity index is 569. The number of hydroxylamine groups is 1. The topological polar surface area (TPSA) is 77.8 Å². The number of carboxylic acids is 1. The summed E-state index contributed by atoms with van der Waals surface area (Å²) >= 11 is 0. The molecular weight excluding hydrogens is 270 g/mol.